The summed E-state index contributed by atoms with van der Waals surface area (Å²) in [4.78, 5) is 0. The van der Waals surface area contributed by atoms with Gasteiger partial charge >= 0.3 is 0 Å². The zero-order valence-electron chi connectivity index (χ0n) is 35.6. The van der Waals surface area contributed by atoms with E-state index in [0.29, 0.717) is 11.1 Å². The summed E-state index contributed by atoms with van der Waals surface area (Å²) in [6.07, 6.45) is 0. The van der Waals surface area contributed by atoms with Gasteiger partial charge in [-0.05, 0) is 115 Å². The highest BCUT2D eigenvalue weighted by Crippen LogP contribution is 2.45. The highest BCUT2D eigenvalue weighted by molar-refractivity contribution is 6.27. The van der Waals surface area contributed by atoms with Crippen molar-refractivity contribution in [3.63, 3.8) is 0 Å². The number of hydrogen-bond acceptors (Lipinski definition) is 0. The predicted molar refractivity (Wildman–Crippen MR) is 216 cm³/mol. The molecule has 11 aromatic rings. The lowest BCUT2D eigenvalue weighted by Crippen LogP contribution is -1.92. The maximum Gasteiger partial charge on any atom is 0.0629 e. The lowest BCUT2D eigenvalue weighted by atomic mass is 9.84. The van der Waals surface area contributed by atoms with Gasteiger partial charge in [0.1, 0.15) is 0 Å². The molecule has 0 aliphatic heterocycles. The molecule has 0 spiro atoms. The molecule has 0 amide bonds. The summed E-state index contributed by atoms with van der Waals surface area (Å²) in [6.45, 7) is 0. The van der Waals surface area contributed by atoms with Crippen molar-refractivity contribution in [3.8, 4) is 44.5 Å². The van der Waals surface area contributed by atoms with Crippen molar-refractivity contribution in [2.45, 2.75) is 0 Å². The molecule has 0 saturated carbocycles. The maximum absolute atomic E-state index is 9.45. The summed E-state index contributed by atoms with van der Waals surface area (Å²) < 4.78 is 79.2. The summed E-state index contributed by atoms with van der Waals surface area (Å²) in [5, 5.41) is 13.4. The molecule has 0 atom stereocenters. The number of hydrogen-bond donors (Lipinski definition) is 0. The highest BCUT2D eigenvalue weighted by Gasteiger charge is 2.18. The first-order valence-electron chi connectivity index (χ1n) is 21.2. The van der Waals surface area contributed by atoms with E-state index in [1.807, 2.05) is 12.1 Å². The van der Waals surface area contributed by atoms with E-state index < -0.39 is 42.3 Å². The smallest absolute Gasteiger partial charge is 0.0622 e. The van der Waals surface area contributed by atoms with Gasteiger partial charge in [-0.2, -0.15) is 0 Å². The molecular weight excluding hydrogens is 601 g/mol. The first kappa shape index (κ1) is 20.1. The van der Waals surface area contributed by atoms with Crippen LogP contribution in [0.3, 0.4) is 0 Å². The lowest BCUT2D eigenvalue weighted by Gasteiger charge is -2.19. The summed E-state index contributed by atoms with van der Waals surface area (Å²) in [7, 11) is 0. The third kappa shape index (κ3) is 4.00. The van der Waals surface area contributed by atoms with E-state index in [4.69, 9.17) is 6.85 Å². The third-order valence-electron chi connectivity index (χ3n) is 10.3. The van der Waals surface area contributed by atoms with Crippen molar-refractivity contribution in [3.05, 3.63) is 182 Å². The van der Waals surface area contributed by atoms with Crippen molar-refractivity contribution >= 4 is 64.6 Å². The monoisotopic (exact) mass is 639 g/mol. The van der Waals surface area contributed by atoms with Gasteiger partial charge in [-0.1, -0.05) is 176 Å². The molecule has 230 valence electrons. The Balaban J connectivity index is 1.22. The van der Waals surface area contributed by atoms with Gasteiger partial charge in [0, 0.05) is 0 Å². The second-order valence-corrected chi connectivity index (χ2v) is 12.9. The van der Waals surface area contributed by atoms with Gasteiger partial charge in [0.2, 0.25) is 0 Å². The number of rotatable bonds is 4. The topological polar surface area (TPSA) is 0 Å². The molecule has 0 aromatic heterocycles. The van der Waals surface area contributed by atoms with Crippen molar-refractivity contribution in [2.75, 3.05) is 0 Å². The van der Waals surface area contributed by atoms with Gasteiger partial charge < -0.3 is 0 Å². The fourth-order valence-electron chi connectivity index (χ4n) is 8.06. The average Bonchev–Trinajstić information content (AvgIpc) is 3.26. The van der Waals surface area contributed by atoms with Crippen LogP contribution in [0, 0.1) is 0 Å². The van der Waals surface area contributed by atoms with Crippen LogP contribution < -0.4 is 0 Å². The fourth-order valence-corrected chi connectivity index (χ4v) is 8.06. The summed E-state index contributed by atoms with van der Waals surface area (Å²) in [5.74, 6) is 0. The van der Waals surface area contributed by atoms with Crippen LogP contribution in [0.5, 0.6) is 0 Å². The summed E-state index contributed by atoms with van der Waals surface area (Å²) in [5.41, 5.74) is 3.33. The standard InChI is InChI=1S/C50H30/c1-2-6-31(7-3-1)32-12-14-33(15-13-32)41-26-24-40(42-25-20-38-18-16-34-8-4-10-36-22-28-44(42)49(38)47(34)36)30-46(41)43-27-21-39-19-17-35-9-5-11-37-23-29-45(43)50(39)48(35)37/h1-30H/i1D,2D,3D,6D,7D,12D,13D,14D,15D. The Morgan fingerprint density at radius 2 is 0.720 bits per heavy atom. The van der Waals surface area contributed by atoms with E-state index in [2.05, 4.69) is 115 Å². The first-order chi connectivity index (χ1) is 28.5. The highest BCUT2D eigenvalue weighted by atomic mass is 14.2. The molecule has 0 N–H and O–H groups in total. The van der Waals surface area contributed by atoms with Crippen LogP contribution in [-0.2, 0) is 0 Å². The third-order valence-corrected chi connectivity index (χ3v) is 10.3. The predicted octanol–water partition coefficient (Wildman–Crippen LogP) is 14.1. The molecule has 0 aliphatic rings. The van der Waals surface area contributed by atoms with Gasteiger partial charge in [0.25, 0.3) is 0 Å². The second kappa shape index (κ2) is 10.5. The molecule has 0 radical (unpaired) electrons. The van der Waals surface area contributed by atoms with Gasteiger partial charge in [-0.15, -0.1) is 0 Å². The van der Waals surface area contributed by atoms with E-state index in [0.717, 1.165) is 70.6 Å². The minimum Gasteiger partial charge on any atom is -0.0622 e. The Morgan fingerprint density at radius 3 is 1.32 bits per heavy atom. The Kier molecular flexibility index (Phi) is 4.22. The summed E-state index contributed by atoms with van der Waals surface area (Å²) in [6, 6.07) is 39.4. The van der Waals surface area contributed by atoms with E-state index in [9.17, 15) is 5.48 Å². The van der Waals surface area contributed by atoms with Gasteiger partial charge in [0.05, 0.1) is 12.3 Å². The van der Waals surface area contributed by atoms with Crippen LogP contribution >= 0.6 is 0 Å². The molecular formula is C50H30. The molecule has 11 rings (SSSR count). The van der Waals surface area contributed by atoms with Gasteiger partial charge in [-0.25, -0.2) is 0 Å². The molecule has 0 bridgehead atoms. The van der Waals surface area contributed by atoms with Crippen LogP contribution in [0.25, 0.3) is 109 Å². The molecule has 0 fully saturated rings. The molecule has 0 heterocycles. The van der Waals surface area contributed by atoms with Crippen LogP contribution in [0.15, 0.2) is 182 Å². The summed E-state index contributed by atoms with van der Waals surface area (Å²) >= 11 is 0. The van der Waals surface area contributed by atoms with Crippen LogP contribution in [0.2, 0.25) is 0 Å². The minimum atomic E-state index is -0.611. The van der Waals surface area contributed by atoms with Crippen molar-refractivity contribution in [2.24, 2.45) is 0 Å². The Bertz CT molecular complexity index is 3520. The van der Waals surface area contributed by atoms with Crippen LogP contribution in [0.1, 0.15) is 12.3 Å². The molecule has 50 heavy (non-hydrogen) atoms. The normalized spacial score (nSPS) is 14.5. The van der Waals surface area contributed by atoms with Gasteiger partial charge in [0.15, 0.2) is 0 Å². The van der Waals surface area contributed by atoms with E-state index in [1.165, 1.54) is 10.8 Å². The fraction of sp³-hybridized carbons (Fsp3) is 0. The van der Waals surface area contributed by atoms with Crippen LogP contribution in [-0.4, -0.2) is 0 Å². The Hall–Kier alpha value is -6.50. The Labute approximate surface area is 302 Å². The molecule has 0 aliphatic carbocycles. The van der Waals surface area contributed by atoms with Crippen molar-refractivity contribution < 1.29 is 12.3 Å². The largest absolute Gasteiger partial charge is 0.0629 e. The van der Waals surface area contributed by atoms with E-state index >= 15 is 0 Å². The van der Waals surface area contributed by atoms with Crippen molar-refractivity contribution in [1.29, 1.82) is 0 Å². The molecule has 0 saturated heterocycles. The van der Waals surface area contributed by atoms with Crippen molar-refractivity contribution in [1.82, 2.24) is 0 Å². The average molecular weight is 640 g/mol. The maximum atomic E-state index is 9.45. The minimum absolute atomic E-state index is 0.0544. The van der Waals surface area contributed by atoms with E-state index in [1.54, 1.807) is 0 Å². The Morgan fingerprint density at radius 1 is 0.280 bits per heavy atom. The second-order valence-electron chi connectivity index (χ2n) is 12.9. The lowest BCUT2D eigenvalue weighted by molar-refractivity contribution is 1.58. The first-order valence-corrected chi connectivity index (χ1v) is 16.7. The zero-order chi connectivity index (χ0) is 40.6. The molecule has 0 nitrogen and oxygen atoms in total. The number of benzene rings is 11. The molecule has 11 aromatic carbocycles. The van der Waals surface area contributed by atoms with Gasteiger partial charge in [-0.3, -0.25) is 0 Å². The van der Waals surface area contributed by atoms with Crippen LogP contribution in [0.4, 0.5) is 0 Å². The SMILES string of the molecule is [2H]c1c([2H])c([2H])c(-c2c([2H])c([2H])c(-c3ccc(-c4ccc5ccc6cccc7ccc4c5c67)cc3-c3ccc4ccc5cccc6ccc3c4c56)c([2H])c2[2H])c([2H])c1[2H]. The zero-order valence-corrected chi connectivity index (χ0v) is 26.6. The molecule has 0 heteroatoms. The van der Waals surface area contributed by atoms with E-state index in [-0.39, 0.29) is 28.8 Å². The molecule has 0 unspecified atom stereocenters. The quantitative estimate of drug-likeness (QED) is 0.168.